The molecule has 2 aromatic carbocycles. The van der Waals surface area contributed by atoms with E-state index in [2.05, 4.69) is 10.6 Å². The number of carbonyl (C=O) groups excluding carboxylic acids is 2. The lowest BCUT2D eigenvalue weighted by molar-refractivity contribution is -0.139. The highest BCUT2D eigenvalue weighted by Crippen LogP contribution is 2.35. The smallest absolute Gasteiger partial charge is 0.338 e. The maximum Gasteiger partial charge on any atom is 0.338 e. The average molecular weight is 442 g/mol. The SMILES string of the molecule is CCCOC(=O)C1=C(C)NC(=O)NC1c1ccc(OCc2ccc(F)cc2)c(OCC)c1. The largest absolute Gasteiger partial charge is 0.490 e. The molecular formula is C24H27FN2O5. The number of amides is 2. The molecule has 1 unspecified atom stereocenters. The van der Waals surface area contributed by atoms with Crippen molar-refractivity contribution in [3.05, 3.63) is 70.7 Å². The van der Waals surface area contributed by atoms with Gasteiger partial charge >= 0.3 is 12.0 Å². The van der Waals surface area contributed by atoms with Gasteiger partial charge in [0, 0.05) is 5.70 Å². The van der Waals surface area contributed by atoms with Gasteiger partial charge in [0.05, 0.1) is 24.8 Å². The number of urea groups is 1. The van der Waals surface area contributed by atoms with E-state index >= 15 is 0 Å². The normalized spacial score (nSPS) is 15.6. The van der Waals surface area contributed by atoms with Crippen LogP contribution in [0.15, 0.2) is 53.7 Å². The molecule has 0 saturated carbocycles. The third kappa shape index (κ3) is 5.57. The Morgan fingerprint density at radius 1 is 1.06 bits per heavy atom. The van der Waals surface area contributed by atoms with Crippen LogP contribution < -0.4 is 20.1 Å². The first-order valence-electron chi connectivity index (χ1n) is 10.5. The molecular weight excluding hydrogens is 415 g/mol. The van der Waals surface area contributed by atoms with E-state index in [4.69, 9.17) is 14.2 Å². The molecule has 0 spiro atoms. The van der Waals surface area contributed by atoms with Gasteiger partial charge in [0.1, 0.15) is 12.4 Å². The molecule has 0 radical (unpaired) electrons. The van der Waals surface area contributed by atoms with Gasteiger partial charge in [-0.1, -0.05) is 25.1 Å². The topological polar surface area (TPSA) is 85.9 Å². The summed E-state index contributed by atoms with van der Waals surface area (Å²) in [4.78, 5) is 24.8. The Balaban J connectivity index is 1.88. The van der Waals surface area contributed by atoms with Gasteiger partial charge < -0.3 is 24.8 Å². The lowest BCUT2D eigenvalue weighted by Gasteiger charge is -2.28. The summed E-state index contributed by atoms with van der Waals surface area (Å²) in [6.45, 7) is 6.34. The van der Waals surface area contributed by atoms with Gasteiger partial charge in [0.15, 0.2) is 11.5 Å². The molecule has 2 aromatic rings. The summed E-state index contributed by atoms with van der Waals surface area (Å²) in [5.41, 5.74) is 2.23. The van der Waals surface area contributed by atoms with Crippen molar-refractivity contribution < 1.29 is 28.2 Å². The summed E-state index contributed by atoms with van der Waals surface area (Å²) in [6, 6.07) is 10.2. The van der Waals surface area contributed by atoms with Crippen molar-refractivity contribution in [2.24, 2.45) is 0 Å². The van der Waals surface area contributed by atoms with E-state index in [1.54, 1.807) is 37.3 Å². The van der Waals surface area contributed by atoms with Crippen LogP contribution in [0.5, 0.6) is 11.5 Å². The van der Waals surface area contributed by atoms with E-state index in [0.717, 1.165) is 5.56 Å². The first-order valence-corrected chi connectivity index (χ1v) is 10.5. The number of carbonyl (C=O) groups is 2. The number of halogens is 1. The zero-order valence-corrected chi connectivity index (χ0v) is 18.4. The molecule has 32 heavy (non-hydrogen) atoms. The van der Waals surface area contributed by atoms with E-state index in [1.165, 1.54) is 12.1 Å². The zero-order chi connectivity index (χ0) is 23.1. The number of allylic oxidation sites excluding steroid dienone is 1. The first-order chi connectivity index (χ1) is 15.4. The number of nitrogens with one attached hydrogen (secondary N) is 2. The van der Waals surface area contributed by atoms with Crippen molar-refractivity contribution in [3.8, 4) is 11.5 Å². The Hall–Kier alpha value is -3.55. The number of rotatable bonds is 9. The summed E-state index contributed by atoms with van der Waals surface area (Å²) in [5, 5.41) is 5.41. The quantitative estimate of drug-likeness (QED) is 0.563. The number of hydrogen-bond acceptors (Lipinski definition) is 5. The average Bonchev–Trinajstić information content (AvgIpc) is 2.77. The summed E-state index contributed by atoms with van der Waals surface area (Å²) >= 11 is 0. The van der Waals surface area contributed by atoms with Crippen molar-refractivity contribution in [1.29, 1.82) is 0 Å². The van der Waals surface area contributed by atoms with Crippen LogP contribution in [0.25, 0.3) is 0 Å². The molecule has 0 bridgehead atoms. The maximum absolute atomic E-state index is 13.1. The minimum atomic E-state index is -0.696. The third-order valence-corrected chi connectivity index (χ3v) is 4.83. The molecule has 3 rings (SSSR count). The van der Waals surface area contributed by atoms with Gasteiger partial charge in [0.25, 0.3) is 0 Å². The van der Waals surface area contributed by atoms with Crippen LogP contribution in [-0.2, 0) is 16.1 Å². The lowest BCUT2D eigenvalue weighted by Crippen LogP contribution is -2.45. The second-order valence-corrected chi connectivity index (χ2v) is 7.26. The summed E-state index contributed by atoms with van der Waals surface area (Å²) in [7, 11) is 0. The van der Waals surface area contributed by atoms with Gasteiger partial charge in [0.2, 0.25) is 0 Å². The van der Waals surface area contributed by atoms with Gasteiger partial charge in [-0.05, 0) is 55.7 Å². The first kappa shape index (κ1) is 23.1. The van der Waals surface area contributed by atoms with Crippen LogP contribution >= 0.6 is 0 Å². The molecule has 0 fully saturated rings. The van der Waals surface area contributed by atoms with E-state index in [-0.39, 0.29) is 19.0 Å². The molecule has 0 saturated heterocycles. The predicted octanol–water partition coefficient (Wildman–Crippen LogP) is 4.38. The molecule has 1 heterocycles. The Kier molecular flexibility index (Phi) is 7.70. The molecule has 1 aliphatic heterocycles. The highest BCUT2D eigenvalue weighted by Gasteiger charge is 2.32. The number of ether oxygens (including phenoxy) is 3. The van der Waals surface area contributed by atoms with Crippen LogP contribution in [0.1, 0.15) is 44.4 Å². The second-order valence-electron chi connectivity index (χ2n) is 7.26. The Morgan fingerprint density at radius 2 is 1.81 bits per heavy atom. The lowest BCUT2D eigenvalue weighted by atomic mass is 9.95. The molecule has 1 atom stereocenters. The van der Waals surface area contributed by atoms with E-state index in [9.17, 15) is 14.0 Å². The summed E-state index contributed by atoms with van der Waals surface area (Å²) in [6.07, 6.45) is 0.692. The van der Waals surface area contributed by atoms with E-state index in [0.29, 0.717) is 41.4 Å². The zero-order valence-electron chi connectivity index (χ0n) is 18.4. The Labute approximate surface area is 186 Å². The molecule has 8 heteroatoms. The van der Waals surface area contributed by atoms with Crippen LogP contribution in [0, 0.1) is 5.82 Å². The van der Waals surface area contributed by atoms with Crippen molar-refractivity contribution in [1.82, 2.24) is 10.6 Å². The fourth-order valence-electron chi connectivity index (χ4n) is 3.32. The molecule has 170 valence electrons. The van der Waals surface area contributed by atoms with Crippen molar-refractivity contribution in [2.75, 3.05) is 13.2 Å². The monoisotopic (exact) mass is 442 g/mol. The Bertz CT molecular complexity index is 1000. The predicted molar refractivity (Wildman–Crippen MR) is 117 cm³/mol. The van der Waals surface area contributed by atoms with Crippen molar-refractivity contribution in [2.45, 2.75) is 39.8 Å². The van der Waals surface area contributed by atoms with Gasteiger partial charge in [-0.3, -0.25) is 0 Å². The summed E-state index contributed by atoms with van der Waals surface area (Å²) < 4.78 is 30.1. The number of hydrogen-bond donors (Lipinski definition) is 2. The standard InChI is InChI=1S/C24H27FN2O5/c1-4-12-31-23(28)21-15(3)26-24(29)27-22(21)17-8-11-19(20(13-17)30-5-2)32-14-16-6-9-18(25)10-7-16/h6-11,13,22H,4-5,12,14H2,1-3H3,(H2,26,27,29). The minimum absolute atomic E-state index is 0.234. The highest BCUT2D eigenvalue weighted by molar-refractivity contribution is 5.95. The molecule has 0 aliphatic carbocycles. The molecule has 7 nitrogen and oxygen atoms in total. The Morgan fingerprint density at radius 3 is 2.50 bits per heavy atom. The second kappa shape index (κ2) is 10.7. The molecule has 2 amide bonds. The summed E-state index contributed by atoms with van der Waals surface area (Å²) in [5.74, 6) is 0.167. The fourth-order valence-corrected chi connectivity index (χ4v) is 3.32. The third-order valence-electron chi connectivity index (χ3n) is 4.83. The molecule has 2 N–H and O–H groups in total. The van der Waals surface area contributed by atoms with Crippen LogP contribution in [0.4, 0.5) is 9.18 Å². The number of benzene rings is 2. The maximum atomic E-state index is 13.1. The van der Waals surface area contributed by atoms with E-state index in [1.807, 2.05) is 13.8 Å². The molecule has 1 aliphatic rings. The molecule has 0 aromatic heterocycles. The van der Waals surface area contributed by atoms with Crippen LogP contribution in [0.3, 0.4) is 0 Å². The van der Waals surface area contributed by atoms with E-state index < -0.39 is 18.0 Å². The fraction of sp³-hybridized carbons (Fsp3) is 0.333. The minimum Gasteiger partial charge on any atom is -0.490 e. The van der Waals surface area contributed by atoms with Crippen molar-refractivity contribution in [3.63, 3.8) is 0 Å². The van der Waals surface area contributed by atoms with Crippen LogP contribution in [0.2, 0.25) is 0 Å². The van der Waals surface area contributed by atoms with Gasteiger partial charge in [-0.2, -0.15) is 0 Å². The highest BCUT2D eigenvalue weighted by atomic mass is 19.1. The van der Waals surface area contributed by atoms with Gasteiger partial charge in [-0.15, -0.1) is 0 Å². The number of esters is 1. The van der Waals surface area contributed by atoms with Crippen LogP contribution in [-0.4, -0.2) is 25.2 Å². The van der Waals surface area contributed by atoms with Crippen molar-refractivity contribution >= 4 is 12.0 Å². The van der Waals surface area contributed by atoms with Gasteiger partial charge in [-0.25, -0.2) is 14.0 Å².